The predicted molar refractivity (Wildman–Crippen MR) is 106 cm³/mol. The first-order valence-corrected chi connectivity index (χ1v) is 10.5. The summed E-state index contributed by atoms with van der Waals surface area (Å²) in [6, 6.07) is 5.23. The third-order valence-electron chi connectivity index (χ3n) is 4.57. The minimum atomic E-state index is -0.941. The lowest BCUT2D eigenvalue weighted by molar-refractivity contribution is 0.0920. The Morgan fingerprint density at radius 1 is 1.36 bits per heavy atom. The third-order valence-corrected chi connectivity index (χ3v) is 6.98. The van der Waals surface area contributed by atoms with Gasteiger partial charge in [-0.2, -0.15) is 0 Å². The van der Waals surface area contributed by atoms with Crippen molar-refractivity contribution < 1.29 is 24.2 Å². The number of cyclic esters (lactones) is 1. The first kappa shape index (κ1) is 19.0. The van der Waals surface area contributed by atoms with Crippen molar-refractivity contribution in [2.45, 2.75) is 19.1 Å². The second-order valence-electron chi connectivity index (χ2n) is 6.42. The molecule has 2 aliphatic heterocycles. The van der Waals surface area contributed by atoms with Crippen LogP contribution in [0.5, 0.6) is 0 Å². The number of carbonyl (C=O) groups is 3. The number of carbonyl (C=O) groups excluding carboxylic acids is 2. The summed E-state index contributed by atoms with van der Waals surface area (Å²) in [5, 5.41) is 12.6. The Labute approximate surface area is 173 Å². The van der Waals surface area contributed by atoms with Crippen LogP contribution in [0.25, 0.3) is 0 Å². The second-order valence-corrected chi connectivity index (χ2v) is 9.25. The molecule has 1 saturated heterocycles. The van der Waals surface area contributed by atoms with Crippen molar-refractivity contribution in [3.8, 4) is 0 Å². The Kier molecular flexibility index (Phi) is 5.17. The molecule has 2 aliphatic rings. The van der Waals surface area contributed by atoms with Gasteiger partial charge in [-0.1, -0.05) is 11.6 Å². The molecular weight excluding hydrogens is 426 g/mol. The molecule has 11 heteroatoms. The molecule has 148 valence electrons. The number of hydrogen-bond acceptors (Lipinski definition) is 6. The number of hydrogen-bond donors (Lipinski definition) is 2. The van der Waals surface area contributed by atoms with Crippen LogP contribution < -0.4 is 10.2 Å². The van der Waals surface area contributed by atoms with Crippen LogP contribution in [-0.4, -0.2) is 53.8 Å². The zero-order chi connectivity index (χ0) is 19.8. The molecular formula is C17H16ClN3O5S2. The summed E-state index contributed by atoms with van der Waals surface area (Å²) in [5.41, 5.74) is 1.07. The van der Waals surface area contributed by atoms with Crippen LogP contribution in [0.1, 0.15) is 20.1 Å². The minimum absolute atomic E-state index is 0.203. The number of carboxylic acid groups (broad SMARTS) is 1. The fraction of sp³-hybridized carbons (Fsp3) is 0.353. The molecule has 0 radical (unpaired) electrons. The van der Waals surface area contributed by atoms with E-state index in [9.17, 15) is 14.4 Å². The monoisotopic (exact) mass is 441 g/mol. The van der Waals surface area contributed by atoms with E-state index in [-0.39, 0.29) is 12.5 Å². The van der Waals surface area contributed by atoms with E-state index in [0.717, 1.165) is 15.4 Å². The van der Waals surface area contributed by atoms with Gasteiger partial charge in [0.15, 0.2) is 0 Å². The Balaban J connectivity index is 1.37. The van der Waals surface area contributed by atoms with Gasteiger partial charge >= 0.3 is 12.2 Å². The topological polar surface area (TPSA) is 99.2 Å². The average Bonchev–Trinajstić information content (AvgIpc) is 3.36. The Morgan fingerprint density at radius 3 is 2.89 bits per heavy atom. The summed E-state index contributed by atoms with van der Waals surface area (Å²) in [7, 11) is 0. The molecule has 0 spiro atoms. The quantitative estimate of drug-likeness (QED) is 0.758. The van der Waals surface area contributed by atoms with Crippen molar-refractivity contribution in [3.63, 3.8) is 0 Å². The van der Waals surface area contributed by atoms with Gasteiger partial charge in [-0.25, -0.2) is 9.59 Å². The molecule has 4 rings (SSSR count). The number of amides is 3. The molecule has 28 heavy (non-hydrogen) atoms. The summed E-state index contributed by atoms with van der Waals surface area (Å²) in [5.74, 6) is -0.258. The van der Waals surface area contributed by atoms with Crippen LogP contribution in [0.4, 0.5) is 14.6 Å². The van der Waals surface area contributed by atoms with E-state index in [2.05, 4.69) is 5.32 Å². The molecule has 8 nitrogen and oxygen atoms in total. The lowest BCUT2D eigenvalue weighted by atomic mass is 10.1. The molecule has 1 atom stereocenters. The third kappa shape index (κ3) is 3.80. The van der Waals surface area contributed by atoms with E-state index in [1.54, 1.807) is 12.1 Å². The van der Waals surface area contributed by atoms with Gasteiger partial charge in [-0.15, -0.1) is 22.7 Å². The molecule has 0 unspecified atom stereocenters. The molecule has 2 N–H and O–H groups in total. The van der Waals surface area contributed by atoms with E-state index >= 15 is 0 Å². The maximum absolute atomic E-state index is 12.3. The van der Waals surface area contributed by atoms with Gasteiger partial charge in [0, 0.05) is 11.4 Å². The number of rotatable bonds is 4. The zero-order valence-electron chi connectivity index (χ0n) is 14.5. The van der Waals surface area contributed by atoms with Gasteiger partial charge in [0.25, 0.3) is 5.91 Å². The normalized spacial score (nSPS) is 18.8. The number of ether oxygens (including phenoxy) is 1. The molecule has 1 fully saturated rings. The van der Waals surface area contributed by atoms with Crippen LogP contribution in [0, 0.1) is 0 Å². The number of nitrogens with zero attached hydrogens (tertiary/aromatic N) is 2. The lowest BCUT2D eigenvalue weighted by Gasteiger charge is -2.23. The number of fused-ring (bicyclic) bond motifs is 1. The van der Waals surface area contributed by atoms with Crippen LogP contribution >= 0.6 is 34.3 Å². The fourth-order valence-corrected chi connectivity index (χ4v) is 5.32. The number of thiophene rings is 2. The van der Waals surface area contributed by atoms with Crippen LogP contribution in [-0.2, 0) is 17.7 Å². The highest BCUT2D eigenvalue weighted by Gasteiger charge is 2.35. The largest absolute Gasteiger partial charge is 0.465 e. The van der Waals surface area contributed by atoms with Crippen molar-refractivity contribution >= 4 is 57.4 Å². The van der Waals surface area contributed by atoms with Crippen molar-refractivity contribution in [2.75, 3.05) is 24.5 Å². The molecule has 0 bridgehead atoms. The number of halogens is 1. The maximum atomic E-state index is 12.3. The SMILES string of the molecule is O=C(NC[C@H]1CN(c2cc3c(s2)CN(C(=O)O)CC3)C(=O)O1)c1ccc(Cl)s1. The lowest BCUT2D eigenvalue weighted by Crippen LogP contribution is -2.34. The van der Waals surface area contributed by atoms with Crippen LogP contribution in [0.2, 0.25) is 4.34 Å². The summed E-state index contributed by atoms with van der Waals surface area (Å²) in [4.78, 5) is 39.9. The summed E-state index contributed by atoms with van der Waals surface area (Å²) in [6.07, 6.45) is -1.23. The van der Waals surface area contributed by atoms with E-state index in [1.807, 2.05) is 6.07 Å². The average molecular weight is 442 g/mol. The summed E-state index contributed by atoms with van der Waals surface area (Å²) in [6.45, 7) is 1.31. The van der Waals surface area contributed by atoms with E-state index in [4.69, 9.17) is 21.4 Å². The number of nitrogens with one attached hydrogen (secondary N) is 1. The first-order valence-electron chi connectivity index (χ1n) is 8.52. The van der Waals surface area contributed by atoms with E-state index in [0.29, 0.717) is 35.3 Å². The van der Waals surface area contributed by atoms with Crippen molar-refractivity contribution in [2.24, 2.45) is 0 Å². The smallest absolute Gasteiger partial charge is 0.415 e. The first-order chi connectivity index (χ1) is 13.4. The molecule has 0 saturated carbocycles. The van der Waals surface area contributed by atoms with Gasteiger partial charge in [0.2, 0.25) is 0 Å². The van der Waals surface area contributed by atoms with Crippen LogP contribution in [0.15, 0.2) is 18.2 Å². The van der Waals surface area contributed by atoms with Gasteiger partial charge in [0.05, 0.1) is 28.8 Å². The van der Waals surface area contributed by atoms with Crippen molar-refractivity contribution in [1.29, 1.82) is 0 Å². The maximum Gasteiger partial charge on any atom is 0.415 e. The fourth-order valence-electron chi connectivity index (χ4n) is 3.14. The van der Waals surface area contributed by atoms with E-state index < -0.39 is 18.3 Å². The van der Waals surface area contributed by atoms with Gasteiger partial charge in [-0.3, -0.25) is 9.69 Å². The standard InChI is InChI=1S/C17H16ClN3O5S2/c18-13-2-1-11(27-13)15(22)19-6-10-7-21(17(25)26-10)14-5-9-3-4-20(16(23)24)8-12(9)28-14/h1-2,5,10H,3-4,6-8H2,(H,19,22)(H,23,24)/t10-/m0/s1. The van der Waals surface area contributed by atoms with Crippen molar-refractivity contribution in [1.82, 2.24) is 10.2 Å². The Hall–Kier alpha value is -2.30. The zero-order valence-corrected chi connectivity index (χ0v) is 16.9. The highest BCUT2D eigenvalue weighted by Crippen LogP contribution is 2.36. The van der Waals surface area contributed by atoms with Gasteiger partial charge < -0.3 is 20.1 Å². The predicted octanol–water partition coefficient (Wildman–Crippen LogP) is 3.25. The summed E-state index contributed by atoms with van der Waals surface area (Å²) < 4.78 is 5.90. The van der Waals surface area contributed by atoms with Crippen molar-refractivity contribution in [3.05, 3.63) is 37.9 Å². The molecule has 4 heterocycles. The molecule has 0 aromatic carbocycles. The minimum Gasteiger partial charge on any atom is -0.465 e. The highest BCUT2D eigenvalue weighted by atomic mass is 35.5. The molecule has 3 amide bonds. The Morgan fingerprint density at radius 2 is 2.18 bits per heavy atom. The van der Waals surface area contributed by atoms with Gasteiger partial charge in [0.1, 0.15) is 11.1 Å². The Bertz CT molecular complexity index is 943. The van der Waals surface area contributed by atoms with Crippen LogP contribution in [0.3, 0.4) is 0 Å². The second kappa shape index (κ2) is 7.61. The van der Waals surface area contributed by atoms with E-state index in [1.165, 1.54) is 32.5 Å². The summed E-state index contributed by atoms with van der Waals surface area (Å²) >= 11 is 8.42. The molecule has 2 aromatic heterocycles. The van der Waals surface area contributed by atoms with Gasteiger partial charge in [-0.05, 0) is 30.2 Å². The molecule has 0 aliphatic carbocycles. The number of anilines is 1. The highest BCUT2D eigenvalue weighted by molar-refractivity contribution is 7.18. The molecule has 2 aromatic rings.